The molecule has 32 heavy (non-hydrogen) atoms. The highest BCUT2D eigenvalue weighted by Crippen LogP contribution is 2.31. The van der Waals surface area contributed by atoms with Gasteiger partial charge in [0.2, 0.25) is 5.88 Å². The number of amides is 1. The van der Waals surface area contributed by atoms with Gasteiger partial charge in [-0.05, 0) is 43.0 Å². The van der Waals surface area contributed by atoms with E-state index in [-0.39, 0.29) is 11.5 Å². The maximum atomic E-state index is 14.5. The fraction of sp³-hybridized carbons (Fsp3) is 0.455. The van der Waals surface area contributed by atoms with Crippen molar-refractivity contribution in [3.8, 4) is 5.88 Å². The Bertz CT molecular complexity index is 940. The Kier molecular flexibility index (Phi) is 9.40. The van der Waals surface area contributed by atoms with Crippen LogP contribution in [-0.4, -0.2) is 53.2 Å². The van der Waals surface area contributed by atoms with E-state index in [0.29, 0.717) is 47.9 Å². The predicted octanol–water partition coefficient (Wildman–Crippen LogP) is 3.53. The summed E-state index contributed by atoms with van der Waals surface area (Å²) in [6.45, 7) is 6.81. The number of ether oxygens (including phenoxy) is 2. The Labute approximate surface area is 192 Å². The maximum Gasteiger partial charge on any atom is 0.275 e. The summed E-state index contributed by atoms with van der Waals surface area (Å²) in [7, 11) is 3.17. The van der Waals surface area contributed by atoms with Crippen LogP contribution in [0.15, 0.2) is 35.6 Å². The van der Waals surface area contributed by atoms with Crippen LogP contribution in [0.5, 0.6) is 5.88 Å². The second-order valence-electron chi connectivity index (χ2n) is 7.93. The van der Waals surface area contributed by atoms with E-state index in [1.54, 1.807) is 20.2 Å². The average molecular weight is 464 g/mol. The molecule has 0 aliphatic carbocycles. The van der Waals surface area contributed by atoms with Crippen LogP contribution in [0.2, 0.25) is 0 Å². The smallest absolute Gasteiger partial charge is 0.275 e. The van der Waals surface area contributed by atoms with E-state index in [2.05, 4.69) is 20.3 Å². The quantitative estimate of drug-likeness (QED) is 0.409. The first-order chi connectivity index (χ1) is 15.2. The molecule has 3 N–H and O–H groups in total. The Hall–Kier alpha value is -2.72. The molecular formula is C22H30FN5O3S. The van der Waals surface area contributed by atoms with Crippen molar-refractivity contribution in [3.05, 3.63) is 47.7 Å². The molecule has 1 heterocycles. The van der Waals surface area contributed by atoms with E-state index in [9.17, 15) is 9.18 Å². The number of benzene rings is 1. The minimum Gasteiger partial charge on any atom is -0.476 e. The lowest BCUT2D eigenvalue weighted by molar-refractivity contribution is 0.102. The van der Waals surface area contributed by atoms with Gasteiger partial charge in [0, 0.05) is 24.6 Å². The van der Waals surface area contributed by atoms with Crippen molar-refractivity contribution in [3.63, 3.8) is 0 Å². The zero-order valence-electron chi connectivity index (χ0n) is 19.0. The molecule has 0 aliphatic heterocycles. The normalized spacial score (nSPS) is 13.7. The van der Waals surface area contributed by atoms with Crippen LogP contribution in [0.3, 0.4) is 0 Å². The molecule has 1 aromatic heterocycles. The Morgan fingerprint density at radius 3 is 2.69 bits per heavy atom. The van der Waals surface area contributed by atoms with Crippen molar-refractivity contribution < 1.29 is 18.7 Å². The van der Waals surface area contributed by atoms with Crippen LogP contribution >= 0.6 is 11.8 Å². The van der Waals surface area contributed by atoms with Gasteiger partial charge in [0.25, 0.3) is 5.91 Å². The summed E-state index contributed by atoms with van der Waals surface area (Å²) >= 11 is 1.32. The number of hydrogen-bond acceptors (Lipinski definition) is 7. The highest BCUT2D eigenvalue weighted by Gasteiger charge is 2.29. The molecule has 0 spiro atoms. The fourth-order valence-corrected chi connectivity index (χ4v) is 3.87. The number of methoxy groups -OCH3 is 1. The first-order valence-electron chi connectivity index (χ1n) is 10.1. The second-order valence-corrected chi connectivity index (χ2v) is 9.54. The minimum atomic E-state index is -0.543. The zero-order chi connectivity index (χ0) is 23.7. The Morgan fingerprint density at radius 1 is 1.34 bits per heavy atom. The van der Waals surface area contributed by atoms with Gasteiger partial charge in [0.15, 0.2) is 5.17 Å². The Balaban J connectivity index is 2.13. The van der Waals surface area contributed by atoms with E-state index in [4.69, 9.17) is 15.2 Å². The van der Waals surface area contributed by atoms with Gasteiger partial charge >= 0.3 is 0 Å². The molecule has 0 unspecified atom stereocenters. The molecule has 10 heteroatoms. The molecular weight excluding hydrogens is 433 g/mol. The molecule has 2 rings (SSSR count). The summed E-state index contributed by atoms with van der Waals surface area (Å²) in [5.41, 5.74) is 6.85. The number of rotatable bonds is 10. The first-order valence-corrected chi connectivity index (χ1v) is 10.9. The molecule has 0 aliphatic rings. The number of hydrogen-bond donors (Lipinski definition) is 2. The van der Waals surface area contributed by atoms with E-state index in [1.807, 2.05) is 20.8 Å². The number of nitrogens with zero attached hydrogens (tertiary/aromatic N) is 3. The topological polar surface area (TPSA) is 112 Å². The van der Waals surface area contributed by atoms with Crippen LogP contribution < -0.4 is 15.8 Å². The number of aliphatic imine (C=N–C) groups is 1. The van der Waals surface area contributed by atoms with E-state index in [0.717, 1.165) is 0 Å². The fourth-order valence-electron chi connectivity index (χ4n) is 2.87. The number of carbonyl (C=O) groups excluding carboxylic acids is 1. The van der Waals surface area contributed by atoms with Crippen molar-refractivity contribution in [1.29, 1.82) is 0 Å². The van der Waals surface area contributed by atoms with Crippen LogP contribution in [0, 0.1) is 11.7 Å². The third-order valence-electron chi connectivity index (χ3n) is 4.31. The van der Waals surface area contributed by atoms with Crippen LogP contribution in [-0.2, 0) is 11.2 Å². The summed E-state index contributed by atoms with van der Waals surface area (Å²) in [5.74, 6) is -0.141. The van der Waals surface area contributed by atoms with Gasteiger partial charge in [-0.25, -0.2) is 14.4 Å². The first kappa shape index (κ1) is 25.5. The molecule has 174 valence electrons. The second kappa shape index (κ2) is 11.8. The van der Waals surface area contributed by atoms with Crippen molar-refractivity contribution in [1.82, 2.24) is 9.97 Å². The largest absolute Gasteiger partial charge is 0.476 e. The third kappa shape index (κ3) is 7.76. The lowest BCUT2D eigenvalue weighted by atomic mass is 10.00. The zero-order valence-corrected chi connectivity index (χ0v) is 19.8. The number of amidine groups is 1. The van der Waals surface area contributed by atoms with Crippen molar-refractivity contribution in [2.75, 3.05) is 32.7 Å². The molecule has 0 bridgehead atoms. The summed E-state index contributed by atoms with van der Waals surface area (Å²) in [6, 6.07) is 4.40. The lowest BCUT2D eigenvalue weighted by Gasteiger charge is -2.28. The summed E-state index contributed by atoms with van der Waals surface area (Å²) in [6.07, 6.45) is 3.06. The van der Waals surface area contributed by atoms with Crippen molar-refractivity contribution in [2.45, 2.75) is 31.9 Å². The SMILES string of the molecule is C/N=C(/N)S[C@@](C)(COC)Cc1cc(NC(=O)c2cnc(OCC(C)C)cn2)ccc1F. The molecule has 2 aromatic rings. The number of thioether (sulfide) groups is 1. The summed E-state index contributed by atoms with van der Waals surface area (Å²) in [4.78, 5) is 24.7. The van der Waals surface area contributed by atoms with Crippen LogP contribution in [0.4, 0.5) is 10.1 Å². The number of anilines is 1. The number of carbonyl (C=O) groups is 1. The van der Waals surface area contributed by atoms with Crippen molar-refractivity contribution in [2.24, 2.45) is 16.6 Å². The van der Waals surface area contributed by atoms with E-state index >= 15 is 0 Å². The van der Waals surface area contributed by atoms with Crippen molar-refractivity contribution >= 4 is 28.5 Å². The average Bonchev–Trinajstić information content (AvgIpc) is 2.74. The summed E-state index contributed by atoms with van der Waals surface area (Å²) in [5, 5.41) is 3.11. The standard InChI is InChI=1S/C22H30FN5O3S/c1-14(2)12-31-19-11-26-18(10-27-19)20(29)28-16-6-7-17(23)15(8-16)9-22(3,13-30-5)32-21(24)25-4/h6-8,10-11,14H,9,12-13H2,1-5H3,(H2,24,25)(H,28,29)/t22-/m1/s1. The minimum absolute atomic E-state index is 0.125. The van der Waals surface area contributed by atoms with E-state index < -0.39 is 10.7 Å². The molecule has 1 amide bonds. The third-order valence-corrected chi connectivity index (χ3v) is 5.46. The molecule has 0 saturated heterocycles. The molecule has 8 nitrogen and oxygen atoms in total. The summed E-state index contributed by atoms with van der Waals surface area (Å²) < 4.78 is 24.8. The monoisotopic (exact) mass is 463 g/mol. The van der Waals surface area contributed by atoms with E-state index in [1.165, 1.54) is 36.3 Å². The van der Waals surface area contributed by atoms with Gasteiger partial charge < -0.3 is 20.5 Å². The van der Waals surface area contributed by atoms with Crippen LogP contribution in [0.25, 0.3) is 0 Å². The van der Waals surface area contributed by atoms with Gasteiger partial charge in [-0.2, -0.15) is 0 Å². The number of aromatic nitrogens is 2. The predicted molar refractivity (Wildman–Crippen MR) is 126 cm³/mol. The van der Waals surface area contributed by atoms with Gasteiger partial charge in [-0.1, -0.05) is 25.6 Å². The Morgan fingerprint density at radius 2 is 2.09 bits per heavy atom. The maximum absolute atomic E-state index is 14.5. The number of nitrogens with two attached hydrogens (primary N) is 1. The number of halogens is 1. The lowest BCUT2D eigenvalue weighted by Crippen LogP contribution is -2.33. The molecule has 1 atom stereocenters. The molecule has 1 aromatic carbocycles. The highest BCUT2D eigenvalue weighted by atomic mass is 32.2. The molecule has 0 fully saturated rings. The molecule has 0 saturated carbocycles. The van der Waals surface area contributed by atoms with Gasteiger partial charge in [-0.15, -0.1) is 0 Å². The molecule has 0 radical (unpaired) electrons. The van der Waals surface area contributed by atoms with Gasteiger partial charge in [-0.3, -0.25) is 9.79 Å². The highest BCUT2D eigenvalue weighted by molar-refractivity contribution is 8.15. The van der Waals surface area contributed by atoms with Gasteiger partial charge in [0.1, 0.15) is 11.5 Å². The van der Waals surface area contributed by atoms with Gasteiger partial charge in [0.05, 0.1) is 25.6 Å². The number of nitrogens with one attached hydrogen (secondary N) is 1. The van der Waals surface area contributed by atoms with Crippen LogP contribution in [0.1, 0.15) is 36.8 Å².